The number of fused-ring (bicyclic) bond motifs is 2. The molecule has 9 nitrogen and oxygen atoms in total. The second-order valence-corrected chi connectivity index (χ2v) is 12.6. The van der Waals surface area contributed by atoms with Crippen molar-refractivity contribution in [2.24, 2.45) is 7.05 Å². The number of sulfonamides is 1. The third-order valence-corrected chi connectivity index (χ3v) is 9.89. The number of benzene rings is 2. The first-order valence-corrected chi connectivity index (χ1v) is 14.5. The first kappa shape index (κ1) is 25.8. The van der Waals surface area contributed by atoms with E-state index in [1.165, 1.54) is 23.1 Å². The summed E-state index contributed by atoms with van der Waals surface area (Å²) in [6, 6.07) is 11.5. The predicted molar refractivity (Wildman–Crippen MR) is 143 cm³/mol. The van der Waals surface area contributed by atoms with E-state index in [0.717, 1.165) is 21.4 Å². The van der Waals surface area contributed by atoms with Gasteiger partial charge in [-0.25, -0.2) is 13.0 Å². The van der Waals surface area contributed by atoms with Gasteiger partial charge in [0.15, 0.2) is 17.8 Å². The van der Waals surface area contributed by atoms with Crippen LogP contribution in [0.15, 0.2) is 64.6 Å². The summed E-state index contributed by atoms with van der Waals surface area (Å²) in [6.07, 6.45) is 3.85. The monoisotopic (exact) mass is 560 g/mol. The maximum absolute atomic E-state index is 13.6. The number of amides is 2. The van der Waals surface area contributed by atoms with Crippen LogP contribution >= 0.6 is 23.4 Å². The lowest BCUT2D eigenvalue weighted by Crippen LogP contribution is -2.59. The molecule has 2 aromatic carbocycles. The van der Waals surface area contributed by atoms with E-state index in [9.17, 15) is 18.0 Å². The van der Waals surface area contributed by atoms with Crippen LogP contribution in [0.5, 0.6) is 0 Å². The van der Waals surface area contributed by atoms with Gasteiger partial charge in [-0.3, -0.25) is 9.59 Å². The molecule has 2 amide bonds. The molecule has 2 N–H and O–H groups in total. The molecule has 0 bridgehead atoms. The van der Waals surface area contributed by atoms with Crippen LogP contribution in [0.2, 0.25) is 5.02 Å². The number of aryl methyl sites for hydroxylation is 1. The Morgan fingerprint density at radius 1 is 1.16 bits per heavy atom. The van der Waals surface area contributed by atoms with Crippen LogP contribution in [0.3, 0.4) is 0 Å². The summed E-state index contributed by atoms with van der Waals surface area (Å²) in [7, 11) is -0.406. The Morgan fingerprint density at radius 3 is 2.70 bits per heavy atom. The van der Waals surface area contributed by atoms with Crippen molar-refractivity contribution in [3.8, 4) is 0 Å². The van der Waals surface area contributed by atoms with Gasteiger partial charge in [0.2, 0.25) is 15.9 Å². The van der Waals surface area contributed by atoms with Gasteiger partial charge in [-0.2, -0.15) is 4.31 Å². The minimum absolute atomic E-state index is 0.00374. The fraction of sp³-hybridized carbons (Fsp3) is 0.320. The first-order chi connectivity index (χ1) is 17.7. The first-order valence-electron chi connectivity index (χ1n) is 11.8. The number of rotatable bonds is 5. The highest BCUT2D eigenvalue weighted by Gasteiger charge is 2.41. The smallest absolute Gasteiger partial charge is 0.256 e. The number of anilines is 1. The number of hydrogen-bond acceptors (Lipinski definition) is 6. The Bertz CT molecular complexity index is 1500. The van der Waals surface area contributed by atoms with Crippen molar-refractivity contribution in [1.82, 2.24) is 14.5 Å². The third kappa shape index (κ3) is 5.13. The van der Waals surface area contributed by atoms with Crippen LogP contribution in [0, 0.1) is 0 Å². The summed E-state index contributed by atoms with van der Waals surface area (Å²) in [6.45, 7) is 0.349. The summed E-state index contributed by atoms with van der Waals surface area (Å²) in [5.74, 6) is -0.427. The number of halogens is 1. The van der Waals surface area contributed by atoms with Gasteiger partial charge < -0.3 is 15.5 Å². The number of piperazine rings is 1. The molecule has 0 saturated carbocycles. The Balaban J connectivity index is 1.37. The van der Waals surface area contributed by atoms with Crippen molar-refractivity contribution in [3.05, 3.63) is 59.9 Å². The molecular formula is C25H27ClN5O4S2+. The Hall–Kier alpha value is -2.86. The van der Waals surface area contributed by atoms with Gasteiger partial charge in [0.1, 0.15) is 7.05 Å². The predicted octanol–water partition coefficient (Wildman–Crippen LogP) is 2.20. The highest BCUT2D eigenvalue weighted by Crippen LogP contribution is 2.38. The van der Waals surface area contributed by atoms with E-state index in [0.29, 0.717) is 5.02 Å². The maximum Gasteiger partial charge on any atom is 0.256 e. The number of carbonyl (C=O) groups is 2. The summed E-state index contributed by atoms with van der Waals surface area (Å²) >= 11 is 7.48. The lowest BCUT2D eigenvalue weighted by molar-refractivity contribution is -0.673. The molecule has 3 heterocycles. The van der Waals surface area contributed by atoms with Crippen LogP contribution in [-0.2, 0) is 26.7 Å². The molecule has 0 aliphatic carbocycles. The van der Waals surface area contributed by atoms with E-state index in [1.807, 2.05) is 30.1 Å². The van der Waals surface area contributed by atoms with Crippen LogP contribution in [0.4, 0.5) is 5.69 Å². The minimum Gasteiger partial charge on any atom is -0.364 e. The van der Waals surface area contributed by atoms with Gasteiger partial charge >= 0.3 is 0 Å². The van der Waals surface area contributed by atoms with Gasteiger partial charge in [-0.15, -0.1) is 0 Å². The molecule has 3 aromatic rings. The molecule has 2 aliphatic rings. The van der Waals surface area contributed by atoms with Crippen molar-refractivity contribution in [3.63, 3.8) is 0 Å². The van der Waals surface area contributed by atoms with E-state index >= 15 is 0 Å². The van der Waals surface area contributed by atoms with Crippen molar-refractivity contribution < 1.29 is 22.6 Å². The SMILES string of the molecule is CNC(=O)CC1CN(S(=O)(=O)c2ccc3cc(Cl)ccc3c2)CCN1C(=O)C1Nc2cc[n+](C)cc2S1. The zero-order chi connectivity index (χ0) is 26.3. The standard InChI is InChI=1S/C25H26ClN5O4S2/c1-27-23(32)13-19-14-30(37(34,35)20-6-4-16-11-18(26)5-3-17(16)12-20)9-10-31(19)25(33)24-28-21-7-8-29(2)15-22(21)36-24/h3-8,11-12,15,19,24H,9-10,13-14H2,1-2H3,(H,27,32)/p+1. The Morgan fingerprint density at radius 2 is 1.92 bits per heavy atom. The molecule has 12 heteroatoms. The summed E-state index contributed by atoms with van der Waals surface area (Å²) in [4.78, 5) is 28.7. The van der Waals surface area contributed by atoms with Gasteiger partial charge in [0, 0.05) is 44.2 Å². The summed E-state index contributed by atoms with van der Waals surface area (Å²) < 4.78 is 30.5. The number of thioether (sulfide) groups is 1. The van der Waals surface area contributed by atoms with Crippen LogP contribution in [0.25, 0.3) is 10.8 Å². The van der Waals surface area contributed by atoms with Crippen molar-refractivity contribution in [1.29, 1.82) is 0 Å². The highest BCUT2D eigenvalue weighted by atomic mass is 35.5. The molecule has 37 heavy (non-hydrogen) atoms. The third-order valence-electron chi connectivity index (χ3n) is 6.66. The molecule has 1 aromatic heterocycles. The van der Waals surface area contributed by atoms with Crippen LogP contribution in [-0.4, -0.2) is 67.5 Å². The van der Waals surface area contributed by atoms with Gasteiger partial charge in [-0.1, -0.05) is 35.5 Å². The van der Waals surface area contributed by atoms with E-state index in [2.05, 4.69) is 10.6 Å². The fourth-order valence-corrected chi connectivity index (χ4v) is 7.52. The molecule has 0 radical (unpaired) electrons. The van der Waals surface area contributed by atoms with Crippen molar-refractivity contribution in [2.45, 2.75) is 27.6 Å². The number of nitrogens with zero attached hydrogens (tertiary/aromatic N) is 3. The highest BCUT2D eigenvalue weighted by molar-refractivity contribution is 8.01. The van der Waals surface area contributed by atoms with Gasteiger partial charge in [-0.05, 0) is 35.0 Å². The lowest BCUT2D eigenvalue weighted by Gasteiger charge is -2.41. The number of aromatic nitrogens is 1. The maximum atomic E-state index is 13.6. The lowest BCUT2D eigenvalue weighted by atomic mass is 10.1. The molecule has 2 aliphatic heterocycles. The van der Waals surface area contributed by atoms with Crippen LogP contribution < -0.4 is 15.2 Å². The van der Waals surface area contributed by atoms with Crippen molar-refractivity contribution >= 4 is 61.7 Å². The second-order valence-electron chi connectivity index (χ2n) is 9.11. The molecular weight excluding hydrogens is 534 g/mol. The molecule has 194 valence electrons. The van der Waals surface area contributed by atoms with E-state index in [1.54, 1.807) is 41.3 Å². The number of nitrogens with one attached hydrogen (secondary N) is 2. The largest absolute Gasteiger partial charge is 0.364 e. The van der Waals surface area contributed by atoms with E-state index in [4.69, 9.17) is 11.6 Å². The normalized spacial score (nSPS) is 19.9. The van der Waals surface area contributed by atoms with Crippen molar-refractivity contribution in [2.75, 3.05) is 32.0 Å². The molecule has 1 fully saturated rings. The number of hydrogen-bond donors (Lipinski definition) is 2. The number of pyridine rings is 1. The molecule has 2 unspecified atom stereocenters. The van der Waals surface area contributed by atoms with Crippen LogP contribution in [0.1, 0.15) is 6.42 Å². The Kier molecular flexibility index (Phi) is 7.06. The molecule has 1 saturated heterocycles. The average molecular weight is 561 g/mol. The average Bonchev–Trinajstić information content (AvgIpc) is 3.31. The topological polar surface area (TPSA) is 103 Å². The minimum atomic E-state index is -3.85. The second kappa shape index (κ2) is 10.1. The molecule has 5 rings (SSSR count). The Labute approximate surface area is 224 Å². The van der Waals surface area contributed by atoms with Gasteiger partial charge in [0.25, 0.3) is 5.91 Å². The van der Waals surface area contributed by atoms with E-state index < -0.39 is 21.4 Å². The zero-order valence-corrected chi connectivity index (χ0v) is 22.7. The summed E-state index contributed by atoms with van der Waals surface area (Å²) in [5.41, 5.74) is 0.878. The number of carbonyl (C=O) groups excluding carboxylic acids is 2. The zero-order valence-electron chi connectivity index (χ0n) is 20.3. The summed E-state index contributed by atoms with van der Waals surface area (Å²) in [5, 5.41) is 7.48. The molecule has 0 spiro atoms. The van der Waals surface area contributed by atoms with E-state index in [-0.39, 0.29) is 42.8 Å². The molecule has 2 atom stereocenters. The quantitative estimate of drug-likeness (QED) is 0.464. The fourth-order valence-electron chi connectivity index (χ4n) is 4.68. The van der Waals surface area contributed by atoms with Gasteiger partial charge in [0.05, 0.1) is 21.5 Å².